The Morgan fingerprint density at radius 3 is 2.05 bits per heavy atom. The average Bonchev–Trinajstić information content (AvgIpc) is 2.43. The summed E-state index contributed by atoms with van der Waals surface area (Å²) in [6.07, 6.45) is 1.85. The SMILES string of the molecule is Cc1cc(C)c(CC(CO)Cc2ccc(Br)cc2)c(C)c1. The zero-order chi connectivity index (χ0) is 15.4. The molecule has 1 nitrogen and oxygen atoms in total. The van der Waals surface area contributed by atoms with Crippen LogP contribution < -0.4 is 0 Å². The van der Waals surface area contributed by atoms with Crippen LogP contribution in [-0.4, -0.2) is 11.7 Å². The minimum absolute atomic E-state index is 0.225. The van der Waals surface area contributed by atoms with Gasteiger partial charge in [-0.3, -0.25) is 0 Å². The van der Waals surface area contributed by atoms with Gasteiger partial charge in [0.1, 0.15) is 0 Å². The zero-order valence-electron chi connectivity index (χ0n) is 13.0. The van der Waals surface area contributed by atoms with E-state index in [-0.39, 0.29) is 12.5 Å². The van der Waals surface area contributed by atoms with E-state index in [4.69, 9.17) is 0 Å². The summed E-state index contributed by atoms with van der Waals surface area (Å²) in [5, 5.41) is 9.73. The van der Waals surface area contributed by atoms with Crippen molar-refractivity contribution in [2.45, 2.75) is 33.6 Å². The van der Waals surface area contributed by atoms with Crippen LogP contribution in [0.4, 0.5) is 0 Å². The molecule has 2 rings (SSSR count). The predicted octanol–water partition coefficient (Wildman–Crippen LogP) is 4.77. The van der Waals surface area contributed by atoms with Crippen molar-refractivity contribution in [2.75, 3.05) is 6.61 Å². The molecule has 1 N–H and O–H groups in total. The number of rotatable bonds is 5. The van der Waals surface area contributed by atoms with Gasteiger partial charge in [0.05, 0.1) is 0 Å². The Hall–Kier alpha value is -1.12. The first-order valence-electron chi connectivity index (χ1n) is 7.41. The summed E-state index contributed by atoms with van der Waals surface area (Å²) in [6, 6.07) is 12.8. The molecule has 0 heterocycles. The van der Waals surface area contributed by atoms with E-state index < -0.39 is 0 Å². The summed E-state index contributed by atoms with van der Waals surface area (Å²) in [6.45, 7) is 6.70. The molecule has 0 saturated heterocycles. The van der Waals surface area contributed by atoms with Crippen molar-refractivity contribution in [3.8, 4) is 0 Å². The van der Waals surface area contributed by atoms with Crippen molar-refractivity contribution in [1.82, 2.24) is 0 Å². The van der Waals surface area contributed by atoms with Crippen molar-refractivity contribution >= 4 is 15.9 Å². The molecule has 0 aliphatic rings. The number of benzene rings is 2. The lowest BCUT2D eigenvalue weighted by Crippen LogP contribution is -2.14. The highest BCUT2D eigenvalue weighted by atomic mass is 79.9. The molecule has 2 aromatic rings. The summed E-state index contributed by atoms with van der Waals surface area (Å²) < 4.78 is 1.09. The average molecular weight is 347 g/mol. The van der Waals surface area contributed by atoms with Gasteiger partial charge in [0, 0.05) is 11.1 Å². The molecule has 0 aromatic heterocycles. The van der Waals surface area contributed by atoms with E-state index in [0.717, 1.165) is 17.3 Å². The highest BCUT2D eigenvalue weighted by Gasteiger charge is 2.13. The molecule has 0 aliphatic heterocycles. The van der Waals surface area contributed by atoms with E-state index in [1.165, 1.54) is 27.8 Å². The van der Waals surface area contributed by atoms with E-state index in [1.807, 2.05) is 0 Å². The quantitative estimate of drug-likeness (QED) is 0.826. The molecular formula is C19H23BrO. The van der Waals surface area contributed by atoms with Crippen LogP contribution in [0, 0.1) is 26.7 Å². The Kier molecular flexibility index (Phi) is 5.60. The normalized spacial score (nSPS) is 12.4. The van der Waals surface area contributed by atoms with Crippen LogP contribution in [0.3, 0.4) is 0 Å². The van der Waals surface area contributed by atoms with E-state index in [9.17, 15) is 5.11 Å². The van der Waals surface area contributed by atoms with Crippen molar-refractivity contribution in [3.05, 3.63) is 68.7 Å². The highest BCUT2D eigenvalue weighted by molar-refractivity contribution is 9.10. The molecule has 0 fully saturated rings. The Morgan fingerprint density at radius 2 is 1.52 bits per heavy atom. The van der Waals surface area contributed by atoms with Crippen molar-refractivity contribution < 1.29 is 5.11 Å². The van der Waals surface area contributed by atoms with Crippen LogP contribution >= 0.6 is 15.9 Å². The van der Waals surface area contributed by atoms with E-state index in [2.05, 4.69) is 73.1 Å². The lowest BCUT2D eigenvalue weighted by molar-refractivity contribution is 0.224. The van der Waals surface area contributed by atoms with Gasteiger partial charge in [0.15, 0.2) is 0 Å². The van der Waals surface area contributed by atoms with E-state index in [1.54, 1.807) is 0 Å². The summed E-state index contributed by atoms with van der Waals surface area (Å²) in [5.74, 6) is 0.270. The van der Waals surface area contributed by atoms with Gasteiger partial charge in [-0.05, 0) is 73.9 Å². The second-order valence-corrected chi connectivity index (χ2v) is 6.88. The maximum atomic E-state index is 9.73. The van der Waals surface area contributed by atoms with Gasteiger partial charge in [0.25, 0.3) is 0 Å². The molecule has 0 saturated carbocycles. The summed E-state index contributed by atoms with van der Waals surface area (Å²) in [5.41, 5.74) is 6.64. The number of halogens is 1. The molecule has 0 bridgehead atoms. The maximum absolute atomic E-state index is 9.73. The van der Waals surface area contributed by atoms with Crippen molar-refractivity contribution in [2.24, 2.45) is 5.92 Å². The molecule has 112 valence electrons. The summed E-state index contributed by atoms with van der Waals surface area (Å²) in [7, 11) is 0. The number of hydrogen-bond acceptors (Lipinski definition) is 1. The standard InChI is InChI=1S/C19H23BrO/c1-13-8-14(2)19(15(3)9-13)11-17(12-21)10-16-4-6-18(20)7-5-16/h4-9,17,21H,10-12H2,1-3H3. The minimum Gasteiger partial charge on any atom is -0.396 e. The molecule has 0 amide bonds. The molecule has 1 atom stereocenters. The number of aliphatic hydroxyl groups is 1. The maximum Gasteiger partial charge on any atom is 0.0465 e. The van der Waals surface area contributed by atoms with Crippen LogP contribution in [0.2, 0.25) is 0 Å². The second-order valence-electron chi connectivity index (χ2n) is 5.96. The fraction of sp³-hybridized carbons (Fsp3) is 0.368. The first-order chi connectivity index (χ1) is 9.99. The topological polar surface area (TPSA) is 20.2 Å². The van der Waals surface area contributed by atoms with Crippen LogP contribution in [0.15, 0.2) is 40.9 Å². The van der Waals surface area contributed by atoms with Gasteiger partial charge in [-0.2, -0.15) is 0 Å². The van der Waals surface area contributed by atoms with E-state index in [0.29, 0.717) is 0 Å². The monoisotopic (exact) mass is 346 g/mol. The van der Waals surface area contributed by atoms with Crippen LogP contribution in [0.5, 0.6) is 0 Å². The van der Waals surface area contributed by atoms with Crippen molar-refractivity contribution in [3.63, 3.8) is 0 Å². The lowest BCUT2D eigenvalue weighted by atomic mass is 9.88. The molecule has 0 spiro atoms. The van der Waals surface area contributed by atoms with Gasteiger partial charge < -0.3 is 5.11 Å². The number of aliphatic hydroxyl groups excluding tert-OH is 1. The molecule has 1 unspecified atom stereocenters. The molecule has 2 heteroatoms. The Bertz CT molecular complexity index is 578. The molecule has 21 heavy (non-hydrogen) atoms. The minimum atomic E-state index is 0.225. The van der Waals surface area contributed by atoms with Gasteiger partial charge in [-0.1, -0.05) is 45.8 Å². The zero-order valence-corrected chi connectivity index (χ0v) is 14.6. The third kappa shape index (κ3) is 4.42. The first-order valence-corrected chi connectivity index (χ1v) is 8.21. The highest BCUT2D eigenvalue weighted by Crippen LogP contribution is 2.22. The second kappa shape index (κ2) is 7.24. The Morgan fingerprint density at radius 1 is 0.952 bits per heavy atom. The third-order valence-electron chi connectivity index (χ3n) is 4.03. The predicted molar refractivity (Wildman–Crippen MR) is 92.8 cm³/mol. The van der Waals surface area contributed by atoms with Crippen LogP contribution in [0.25, 0.3) is 0 Å². The Labute approximate surface area is 136 Å². The van der Waals surface area contributed by atoms with Gasteiger partial charge >= 0.3 is 0 Å². The summed E-state index contributed by atoms with van der Waals surface area (Å²) >= 11 is 3.46. The molecule has 0 radical (unpaired) electrons. The van der Waals surface area contributed by atoms with Crippen molar-refractivity contribution in [1.29, 1.82) is 0 Å². The van der Waals surface area contributed by atoms with Crippen LogP contribution in [0.1, 0.15) is 27.8 Å². The summed E-state index contributed by atoms with van der Waals surface area (Å²) in [4.78, 5) is 0. The fourth-order valence-corrected chi connectivity index (χ4v) is 3.24. The van der Waals surface area contributed by atoms with Gasteiger partial charge in [-0.15, -0.1) is 0 Å². The lowest BCUT2D eigenvalue weighted by Gasteiger charge is -2.18. The van der Waals surface area contributed by atoms with Crippen LogP contribution in [-0.2, 0) is 12.8 Å². The largest absolute Gasteiger partial charge is 0.396 e. The van der Waals surface area contributed by atoms with Gasteiger partial charge in [0.2, 0.25) is 0 Å². The third-order valence-corrected chi connectivity index (χ3v) is 4.56. The van der Waals surface area contributed by atoms with Gasteiger partial charge in [-0.25, -0.2) is 0 Å². The fourth-order valence-electron chi connectivity index (χ4n) is 2.98. The first kappa shape index (κ1) is 16.3. The van der Waals surface area contributed by atoms with E-state index >= 15 is 0 Å². The molecule has 2 aromatic carbocycles. The number of aryl methyl sites for hydroxylation is 3. The Balaban J connectivity index is 2.14. The smallest absolute Gasteiger partial charge is 0.0465 e. The number of hydrogen-bond donors (Lipinski definition) is 1. The molecule has 0 aliphatic carbocycles. The molecular weight excluding hydrogens is 324 g/mol.